The fourth-order valence-electron chi connectivity index (χ4n) is 2.31. The average Bonchev–Trinajstić information content (AvgIpc) is 2.61. The summed E-state index contributed by atoms with van der Waals surface area (Å²) >= 11 is 0. The fourth-order valence-corrected chi connectivity index (χ4v) is 2.31. The van der Waals surface area contributed by atoms with Crippen LogP contribution in [0.4, 0.5) is 0 Å². The number of carbonyl (C=O) groups excluding carboxylic acids is 1. The summed E-state index contributed by atoms with van der Waals surface area (Å²) in [4.78, 5) is 21.8. The molecule has 25 heavy (non-hydrogen) atoms. The normalized spacial score (nSPS) is 10.6. The third-order valence-electron chi connectivity index (χ3n) is 3.48. The Balaban J connectivity index is 2.75. The minimum absolute atomic E-state index is 0.0597. The first-order chi connectivity index (χ1) is 11.9. The molecule has 0 unspecified atom stereocenters. The van der Waals surface area contributed by atoms with E-state index >= 15 is 0 Å². The van der Waals surface area contributed by atoms with Crippen LogP contribution in [0.1, 0.15) is 15.9 Å². The second kappa shape index (κ2) is 7.39. The molecule has 0 amide bonds. The summed E-state index contributed by atoms with van der Waals surface area (Å²) in [6.45, 7) is 0. The van der Waals surface area contributed by atoms with Crippen LogP contribution in [-0.4, -0.2) is 41.8 Å². The van der Waals surface area contributed by atoms with Crippen LogP contribution in [0.3, 0.4) is 0 Å². The number of hydrogen-bond donors (Lipinski definition) is 3. The minimum atomic E-state index is -1.14. The molecule has 2 rings (SSSR count). The van der Waals surface area contributed by atoms with Gasteiger partial charge in [-0.05, 0) is 35.9 Å². The van der Waals surface area contributed by atoms with E-state index in [9.17, 15) is 19.8 Å². The van der Waals surface area contributed by atoms with Crippen LogP contribution >= 0.6 is 0 Å². The number of ether oxygens (including phenoxy) is 2. The third kappa shape index (κ3) is 3.72. The Morgan fingerprint density at radius 3 is 1.84 bits per heavy atom. The zero-order valence-corrected chi connectivity index (χ0v) is 13.5. The van der Waals surface area contributed by atoms with E-state index in [0.29, 0.717) is 11.8 Å². The van der Waals surface area contributed by atoms with E-state index in [2.05, 4.69) is 0 Å². The van der Waals surface area contributed by atoms with Crippen LogP contribution in [0.2, 0.25) is 0 Å². The molecule has 7 nitrogen and oxygen atoms in total. The Bertz CT molecular complexity index is 853. The summed E-state index contributed by atoms with van der Waals surface area (Å²) in [7, 11) is 2.67. The molecule has 0 bridgehead atoms. The number of aliphatic carboxylic acids is 1. The topological polar surface area (TPSA) is 113 Å². The summed E-state index contributed by atoms with van der Waals surface area (Å²) in [5, 5.41) is 29.5. The molecule has 2 aromatic rings. The Hall–Kier alpha value is -3.48. The van der Waals surface area contributed by atoms with Crippen LogP contribution in [-0.2, 0) is 4.79 Å². The monoisotopic (exact) mass is 344 g/mol. The van der Waals surface area contributed by atoms with Crippen LogP contribution in [0.15, 0.2) is 30.3 Å². The van der Waals surface area contributed by atoms with E-state index in [1.54, 1.807) is 0 Å². The predicted molar refractivity (Wildman–Crippen MR) is 90.4 cm³/mol. The van der Waals surface area contributed by atoms with Crippen molar-refractivity contribution in [3.05, 3.63) is 41.5 Å². The van der Waals surface area contributed by atoms with Gasteiger partial charge in [0, 0.05) is 22.8 Å². The smallest absolute Gasteiger partial charge is 0.328 e. The number of phenols is 2. The lowest BCUT2D eigenvalue weighted by Gasteiger charge is -2.14. The first kappa shape index (κ1) is 17.9. The number of aldehydes is 1. The maximum atomic E-state index is 11.1. The molecule has 0 heterocycles. The summed E-state index contributed by atoms with van der Waals surface area (Å²) in [5.41, 5.74) is 0.947. The molecule has 0 aliphatic heterocycles. The molecule has 3 N–H and O–H groups in total. The largest absolute Gasteiger partial charge is 0.504 e. The van der Waals surface area contributed by atoms with Crippen molar-refractivity contribution in [2.45, 2.75) is 0 Å². The van der Waals surface area contributed by atoms with Crippen LogP contribution in [0, 0.1) is 0 Å². The maximum Gasteiger partial charge on any atom is 0.328 e. The van der Waals surface area contributed by atoms with Crippen molar-refractivity contribution < 1.29 is 34.4 Å². The van der Waals surface area contributed by atoms with Gasteiger partial charge in [-0.1, -0.05) is 0 Å². The molecule has 0 fully saturated rings. The zero-order chi connectivity index (χ0) is 18.6. The number of rotatable bonds is 6. The van der Waals surface area contributed by atoms with Gasteiger partial charge < -0.3 is 24.8 Å². The second-order valence-corrected chi connectivity index (χ2v) is 5.03. The molecule has 7 heteroatoms. The summed E-state index contributed by atoms with van der Waals surface area (Å²) in [6.07, 6.45) is 2.82. The Morgan fingerprint density at radius 2 is 1.40 bits per heavy atom. The molecule has 0 atom stereocenters. The minimum Gasteiger partial charge on any atom is -0.504 e. The van der Waals surface area contributed by atoms with Crippen LogP contribution < -0.4 is 9.47 Å². The number of methoxy groups -OCH3 is 2. The maximum absolute atomic E-state index is 11.1. The average molecular weight is 344 g/mol. The molecule has 0 saturated heterocycles. The predicted octanol–water partition coefficient (Wildman–Crippen LogP) is 2.69. The highest BCUT2D eigenvalue weighted by molar-refractivity contribution is 5.89. The van der Waals surface area contributed by atoms with E-state index < -0.39 is 5.97 Å². The summed E-state index contributed by atoms with van der Waals surface area (Å²) in [6, 6.07) is 5.63. The van der Waals surface area contributed by atoms with E-state index in [1.165, 1.54) is 44.6 Å². The van der Waals surface area contributed by atoms with Crippen molar-refractivity contribution >= 4 is 18.3 Å². The van der Waals surface area contributed by atoms with Crippen LogP contribution in [0.25, 0.3) is 17.2 Å². The number of hydrogen-bond acceptors (Lipinski definition) is 6. The van der Waals surface area contributed by atoms with E-state index in [1.807, 2.05) is 0 Å². The van der Waals surface area contributed by atoms with Crippen molar-refractivity contribution in [3.63, 3.8) is 0 Å². The van der Waals surface area contributed by atoms with E-state index in [-0.39, 0.29) is 39.7 Å². The van der Waals surface area contributed by atoms with Crippen molar-refractivity contribution in [3.8, 4) is 34.1 Å². The molecule has 0 aliphatic rings. The Kier molecular flexibility index (Phi) is 5.28. The van der Waals surface area contributed by atoms with Gasteiger partial charge >= 0.3 is 5.97 Å². The van der Waals surface area contributed by atoms with Crippen molar-refractivity contribution in [1.82, 2.24) is 0 Å². The number of carbonyl (C=O) groups is 2. The lowest BCUT2D eigenvalue weighted by Crippen LogP contribution is -1.93. The Labute approximate surface area is 143 Å². The van der Waals surface area contributed by atoms with Gasteiger partial charge in [-0.15, -0.1) is 0 Å². The highest BCUT2D eigenvalue weighted by Crippen LogP contribution is 2.45. The second-order valence-electron chi connectivity index (χ2n) is 5.03. The zero-order valence-electron chi connectivity index (χ0n) is 13.5. The van der Waals surface area contributed by atoms with Gasteiger partial charge in [0.05, 0.1) is 14.2 Å². The van der Waals surface area contributed by atoms with E-state index in [0.717, 1.165) is 6.08 Å². The fraction of sp³-hybridized carbons (Fsp3) is 0.111. The number of benzene rings is 2. The van der Waals surface area contributed by atoms with Gasteiger partial charge in [-0.25, -0.2) is 4.79 Å². The van der Waals surface area contributed by atoms with Gasteiger partial charge in [0.15, 0.2) is 23.0 Å². The lowest BCUT2D eigenvalue weighted by atomic mass is 9.97. The van der Waals surface area contributed by atoms with E-state index in [4.69, 9.17) is 14.6 Å². The first-order valence-electron chi connectivity index (χ1n) is 7.09. The van der Waals surface area contributed by atoms with Crippen molar-refractivity contribution in [1.29, 1.82) is 0 Å². The summed E-state index contributed by atoms with van der Waals surface area (Å²) in [5.74, 6) is -1.54. The van der Waals surface area contributed by atoms with Gasteiger partial charge in [-0.3, -0.25) is 4.79 Å². The molecule has 2 aromatic carbocycles. The Morgan fingerprint density at radius 1 is 0.920 bits per heavy atom. The van der Waals surface area contributed by atoms with Crippen LogP contribution in [0.5, 0.6) is 23.0 Å². The van der Waals surface area contributed by atoms with Crippen molar-refractivity contribution in [2.24, 2.45) is 0 Å². The molecule has 0 radical (unpaired) electrons. The van der Waals surface area contributed by atoms with Crippen molar-refractivity contribution in [2.75, 3.05) is 14.2 Å². The highest BCUT2D eigenvalue weighted by Gasteiger charge is 2.18. The number of carboxylic acids is 1. The molecule has 0 aliphatic carbocycles. The van der Waals surface area contributed by atoms with Gasteiger partial charge in [0.2, 0.25) is 0 Å². The molecular formula is C18H16O7. The number of aromatic hydroxyl groups is 2. The number of carboxylic acid groups (broad SMARTS) is 1. The highest BCUT2D eigenvalue weighted by atomic mass is 16.5. The van der Waals surface area contributed by atoms with Gasteiger partial charge in [0.1, 0.15) is 6.29 Å². The molecule has 130 valence electrons. The lowest BCUT2D eigenvalue weighted by molar-refractivity contribution is -0.131. The quantitative estimate of drug-likeness (QED) is 0.545. The first-order valence-corrected chi connectivity index (χ1v) is 7.09. The van der Waals surface area contributed by atoms with Gasteiger partial charge in [0.25, 0.3) is 0 Å². The molecule has 0 aromatic heterocycles. The molecule has 0 spiro atoms. The summed E-state index contributed by atoms with van der Waals surface area (Å²) < 4.78 is 10.1. The standard InChI is InChI=1S/C18H16O7/c1-24-14-7-10(3-4-16(20)21)5-12(17(14)22)13-6-11(9-19)8-15(25-2)18(13)23/h3-9,22-23H,1-2H3,(H,20,21)/b4-3+. The SMILES string of the molecule is COc1cc(C=O)cc(-c2cc(/C=C/C(=O)O)cc(OC)c2O)c1O. The van der Waals surface area contributed by atoms with Gasteiger partial charge in [-0.2, -0.15) is 0 Å². The third-order valence-corrected chi connectivity index (χ3v) is 3.48. The molecule has 0 saturated carbocycles. The number of phenolic OH excluding ortho intramolecular Hbond substituents is 2. The molecular weight excluding hydrogens is 328 g/mol.